The van der Waals surface area contributed by atoms with Crippen molar-refractivity contribution < 1.29 is 17.6 Å². The monoisotopic (exact) mass is 295 g/mol. The third kappa shape index (κ3) is 3.53. The molecule has 0 saturated heterocycles. The standard InChI is InChI=1S/C13H14ClF4N/c14-8-5-6-10(15)12(7-8)19-11-4-2-1-3-9(11)13(16,17)18/h5-7,9,11,19H,1-4H2. The highest BCUT2D eigenvalue weighted by molar-refractivity contribution is 6.30. The Hall–Kier alpha value is -0.970. The summed E-state index contributed by atoms with van der Waals surface area (Å²) >= 11 is 5.73. The molecule has 1 saturated carbocycles. The van der Waals surface area contributed by atoms with Gasteiger partial charge in [-0.15, -0.1) is 0 Å². The molecule has 0 heterocycles. The Morgan fingerprint density at radius 2 is 1.84 bits per heavy atom. The molecule has 0 aromatic heterocycles. The van der Waals surface area contributed by atoms with Crippen molar-refractivity contribution in [3.63, 3.8) is 0 Å². The predicted molar refractivity (Wildman–Crippen MR) is 66.8 cm³/mol. The summed E-state index contributed by atoms with van der Waals surface area (Å²) in [4.78, 5) is 0. The zero-order valence-electron chi connectivity index (χ0n) is 10.1. The molecule has 1 aliphatic rings. The van der Waals surface area contributed by atoms with Crippen LogP contribution in [0.4, 0.5) is 23.2 Å². The molecule has 2 atom stereocenters. The minimum absolute atomic E-state index is 0.0358. The SMILES string of the molecule is Fc1ccc(Cl)cc1NC1CCCCC1C(F)(F)F. The van der Waals surface area contributed by atoms with Crippen LogP contribution < -0.4 is 5.32 Å². The highest BCUT2D eigenvalue weighted by atomic mass is 35.5. The van der Waals surface area contributed by atoms with E-state index in [0.29, 0.717) is 24.3 Å². The van der Waals surface area contributed by atoms with Crippen LogP contribution in [0.1, 0.15) is 25.7 Å². The van der Waals surface area contributed by atoms with E-state index < -0.39 is 24.0 Å². The van der Waals surface area contributed by atoms with Crippen LogP contribution in [-0.2, 0) is 0 Å². The molecule has 1 aromatic rings. The molecule has 0 radical (unpaired) electrons. The first-order valence-corrected chi connectivity index (χ1v) is 6.54. The van der Waals surface area contributed by atoms with Gasteiger partial charge in [-0.25, -0.2) is 4.39 Å². The zero-order valence-corrected chi connectivity index (χ0v) is 10.9. The van der Waals surface area contributed by atoms with Crippen molar-refractivity contribution in [2.75, 3.05) is 5.32 Å². The molecule has 1 N–H and O–H groups in total. The molecule has 0 spiro atoms. The lowest BCUT2D eigenvalue weighted by Gasteiger charge is -2.34. The van der Waals surface area contributed by atoms with Crippen molar-refractivity contribution >= 4 is 17.3 Å². The van der Waals surface area contributed by atoms with Gasteiger partial charge in [0, 0.05) is 11.1 Å². The van der Waals surface area contributed by atoms with Crippen LogP contribution in [0.3, 0.4) is 0 Å². The lowest BCUT2D eigenvalue weighted by atomic mass is 9.84. The number of benzene rings is 1. The first-order valence-electron chi connectivity index (χ1n) is 6.16. The van der Waals surface area contributed by atoms with Crippen LogP contribution in [0.2, 0.25) is 5.02 Å². The number of anilines is 1. The molecule has 0 aliphatic heterocycles. The fourth-order valence-electron chi connectivity index (χ4n) is 2.50. The van der Waals surface area contributed by atoms with Crippen molar-refractivity contribution in [1.82, 2.24) is 0 Å². The summed E-state index contributed by atoms with van der Waals surface area (Å²) in [5, 5.41) is 2.96. The summed E-state index contributed by atoms with van der Waals surface area (Å²) in [6.07, 6.45) is -2.51. The summed E-state index contributed by atoms with van der Waals surface area (Å²) in [6.45, 7) is 0. The average molecular weight is 296 g/mol. The van der Waals surface area contributed by atoms with Crippen LogP contribution in [-0.4, -0.2) is 12.2 Å². The van der Waals surface area contributed by atoms with Crippen LogP contribution in [0.25, 0.3) is 0 Å². The smallest absolute Gasteiger partial charge is 0.379 e. The Morgan fingerprint density at radius 3 is 2.53 bits per heavy atom. The Bertz CT molecular complexity index is 447. The van der Waals surface area contributed by atoms with Gasteiger partial charge in [0.1, 0.15) is 5.82 Å². The highest BCUT2D eigenvalue weighted by Gasteiger charge is 2.45. The number of halogens is 5. The molecule has 6 heteroatoms. The van der Waals surface area contributed by atoms with Crippen molar-refractivity contribution in [2.24, 2.45) is 5.92 Å². The van der Waals surface area contributed by atoms with Crippen molar-refractivity contribution in [1.29, 1.82) is 0 Å². The highest BCUT2D eigenvalue weighted by Crippen LogP contribution is 2.39. The largest absolute Gasteiger partial charge is 0.393 e. The number of nitrogens with one attached hydrogen (secondary N) is 1. The van der Waals surface area contributed by atoms with E-state index in [1.54, 1.807) is 0 Å². The summed E-state index contributed by atoms with van der Waals surface area (Å²) in [5.41, 5.74) is 0.0358. The Kier molecular flexibility index (Phi) is 4.23. The first-order chi connectivity index (χ1) is 8.88. The van der Waals surface area contributed by atoms with Gasteiger partial charge in [0.2, 0.25) is 0 Å². The molecule has 1 nitrogen and oxygen atoms in total. The number of hydrogen-bond acceptors (Lipinski definition) is 1. The molecule has 1 aliphatic carbocycles. The normalized spacial score (nSPS) is 24.3. The molecule has 2 unspecified atom stereocenters. The summed E-state index contributed by atoms with van der Waals surface area (Å²) in [5.74, 6) is -2.02. The van der Waals surface area contributed by atoms with Crippen molar-refractivity contribution in [3.8, 4) is 0 Å². The van der Waals surface area contributed by atoms with Crippen LogP contribution in [0.15, 0.2) is 18.2 Å². The average Bonchev–Trinajstić information content (AvgIpc) is 2.33. The molecule has 2 rings (SSSR count). The van der Waals surface area contributed by atoms with E-state index in [1.165, 1.54) is 12.1 Å². The fraction of sp³-hybridized carbons (Fsp3) is 0.538. The minimum Gasteiger partial charge on any atom is -0.379 e. The second-order valence-corrected chi connectivity index (χ2v) is 5.24. The van der Waals surface area contributed by atoms with Gasteiger partial charge in [-0.1, -0.05) is 24.4 Å². The second-order valence-electron chi connectivity index (χ2n) is 4.81. The maximum Gasteiger partial charge on any atom is 0.393 e. The minimum atomic E-state index is -4.26. The van der Waals surface area contributed by atoms with Gasteiger partial charge < -0.3 is 5.32 Å². The molecule has 0 bridgehead atoms. The van der Waals surface area contributed by atoms with Gasteiger partial charge in [-0.3, -0.25) is 0 Å². The van der Waals surface area contributed by atoms with Crippen LogP contribution in [0, 0.1) is 11.7 Å². The van der Waals surface area contributed by atoms with Gasteiger partial charge in [0.05, 0.1) is 11.6 Å². The summed E-state index contributed by atoms with van der Waals surface area (Å²) < 4.78 is 52.3. The number of hydrogen-bond donors (Lipinski definition) is 1. The molecular weight excluding hydrogens is 282 g/mol. The van der Waals surface area contributed by atoms with Crippen LogP contribution in [0.5, 0.6) is 0 Å². The van der Waals surface area contributed by atoms with Gasteiger partial charge in [-0.2, -0.15) is 13.2 Å². The molecule has 1 aromatic carbocycles. The van der Waals surface area contributed by atoms with E-state index in [4.69, 9.17) is 11.6 Å². The molecule has 19 heavy (non-hydrogen) atoms. The molecule has 0 amide bonds. The van der Waals surface area contributed by atoms with Gasteiger partial charge in [0.15, 0.2) is 0 Å². The van der Waals surface area contributed by atoms with Crippen molar-refractivity contribution in [2.45, 2.75) is 37.9 Å². The Balaban J connectivity index is 2.17. The third-order valence-corrected chi connectivity index (χ3v) is 3.69. The topological polar surface area (TPSA) is 12.0 Å². The van der Waals surface area contributed by atoms with Gasteiger partial charge in [-0.05, 0) is 31.0 Å². The summed E-state index contributed by atoms with van der Waals surface area (Å²) in [6, 6.07) is 3.04. The van der Waals surface area contributed by atoms with Crippen LogP contribution >= 0.6 is 11.6 Å². The van der Waals surface area contributed by atoms with E-state index in [-0.39, 0.29) is 12.1 Å². The van der Waals surface area contributed by atoms with Gasteiger partial charge in [0.25, 0.3) is 0 Å². The van der Waals surface area contributed by atoms with E-state index in [0.717, 1.165) is 6.07 Å². The quantitative estimate of drug-likeness (QED) is 0.756. The lowest BCUT2D eigenvalue weighted by Crippen LogP contribution is -2.41. The lowest BCUT2D eigenvalue weighted by molar-refractivity contribution is -0.184. The third-order valence-electron chi connectivity index (χ3n) is 3.46. The fourth-order valence-corrected chi connectivity index (χ4v) is 2.68. The van der Waals surface area contributed by atoms with E-state index in [1.807, 2.05) is 0 Å². The van der Waals surface area contributed by atoms with E-state index in [9.17, 15) is 17.6 Å². The zero-order chi connectivity index (χ0) is 14.0. The van der Waals surface area contributed by atoms with E-state index in [2.05, 4.69) is 5.32 Å². The summed E-state index contributed by atoms with van der Waals surface area (Å²) in [7, 11) is 0. The molecule has 1 fully saturated rings. The second kappa shape index (κ2) is 5.57. The van der Waals surface area contributed by atoms with Crippen molar-refractivity contribution in [3.05, 3.63) is 29.0 Å². The maximum atomic E-state index is 13.5. The van der Waals surface area contributed by atoms with E-state index >= 15 is 0 Å². The van der Waals surface area contributed by atoms with Gasteiger partial charge >= 0.3 is 6.18 Å². The maximum absolute atomic E-state index is 13.5. The molecule has 106 valence electrons. The Morgan fingerprint density at radius 1 is 1.16 bits per heavy atom. The Labute approximate surface area is 113 Å². The first kappa shape index (κ1) is 14.4. The molecular formula is C13H14ClF4N. The number of alkyl halides is 3. The number of rotatable bonds is 2. The predicted octanol–water partition coefficient (Wildman–Crippen LogP) is 5.01.